The molecule has 0 bridgehead atoms. The zero-order chi connectivity index (χ0) is 24.6. The summed E-state index contributed by atoms with van der Waals surface area (Å²) in [4.78, 5) is 43.3. The molecule has 2 aromatic rings. The largest absolute Gasteiger partial charge is 0.485 e. The third-order valence-electron chi connectivity index (χ3n) is 5.10. The van der Waals surface area contributed by atoms with Crippen LogP contribution in [0.25, 0.3) is 0 Å². The maximum atomic E-state index is 13.3. The second-order valence-corrected chi connectivity index (χ2v) is 7.74. The van der Waals surface area contributed by atoms with Crippen LogP contribution in [0, 0.1) is 20.2 Å². The van der Waals surface area contributed by atoms with Crippen molar-refractivity contribution < 1.29 is 37.8 Å². The quantitative estimate of drug-likeness (QED) is 0.442. The van der Waals surface area contributed by atoms with Gasteiger partial charge in [0.2, 0.25) is 0 Å². The maximum Gasteiger partial charge on any atom is 0.416 e. The molecule has 1 aromatic carbocycles. The molecule has 0 saturated heterocycles. The molecule has 2 heterocycles. The van der Waals surface area contributed by atoms with Gasteiger partial charge in [0.1, 0.15) is 18.0 Å². The average molecular weight is 473 g/mol. The van der Waals surface area contributed by atoms with Crippen molar-refractivity contribution in [2.75, 3.05) is 6.61 Å². The molecule has 1 aliphatic rings. The zero-order valence-electron chi connectivity index (χ0n) is 17.3. The summed E-state index contributed by atoms with van der Waals surface area (Å²) in [5.41, 5.74) is -2.90. The Hall–Kier alpha value is -3.84. The van der Waals surface area contributed by atoms with Crippen LogP contribution < -0.4 is 10.3 Å². The Balaban J connectivity index is 2.12. The van der Waals surface area contributed by atoms with Gasteiger partial charge in [-0.05, 0) is 50.1 Å². The van der Waals surface area contributed by atoms with Gasteiger partial charge in [0.25, 0.3) is 15.7 Å². The highest BCUT2D eigenvalue weighted by Crippen LogP contribution is 2.45. The molecular weight excluding hydrogens is 455 g/mol. The minimum absolute atomic E-state index is 0.0107. The summed E-state index contributed by atoms with van der Waals surface area (Å²) in [5, 5.41) is 19.4. The van der Waals surface area contributed by atoms with Crippen molar-refractivity contribution in [1.29, 1.82) is 0 Å². The second-order valence-electron chi connectivity index (χ2n) is 7.74. The lowest BCUT2D eigenvalue weighted by Crippen LogP contribution is -2.54. The molecule has 3 rings (SSSR count). The molecule has 0 radical (unpaired) electrons. The van der Waals surface area contributed by atoms with Crippen LogP contribution in [0.4, 0.5) is 13.2 Å². The van der Waals surface area contributed by atoms with E-state index in [0.29, 0.717) is 5.56 Å². The van der Waals surface area contributed by atoms with Crippen molar-refractivity contribution >= 4 is 0 Å². The average Bonchev–Trinajstić information content (AvgIpc) is 2.67. The van der Waals surface area contributed by atoms with Gasteiger partial charge >= 0.3 is 6.18 Å². The molecule has 2 atom stereocenters. The first-order valence-electron chi connectivity index (χ1n) is 9.49. The molecule has 0 saturated carbocycles. The standard InChI is InChI=1S/C19H18F3N3O8/c1-18(2)17(33-25(29)30)16(13-10-12(19(20,21)22)3-4-14(13)32-18)23-7-5-11(9-15(23)26)6-8-31-24(27)28/h3-5,7,9-10,16-17H,6,8H2,1-2H3. The van der Waals surface area contributed by atoms with Crippen LogP contribution in [0.1, 0.15) is 36.6 Å². The Morgan fingerprint density at radius 2 is 1.85 bits per heavy atom. The fourth-order valence-electron chi connectivity index (χ4n) is 3.66. The summed E-state index contributed by atoms with van der Waals surface area (Å²) in [6.45, 7) is 2.58. The van der Waals surface area contributed by atoms with E-state index in [9.17, 15) is 38.2 Å². The van der Waals surface area contributed by atoms with Gasteiger partial charge in [-0.15, -0.1) is 20.2 Å². The smallest absolute Gasteiger partial charge is 0.416 e. The summed E-state index contributed by atoms with van der Waals surface area (Å²) >= 11 is 0. The van der Waals surface area contributed by atoms with E-state index in [4.69, 9.17) is 9.57 Å². The number of alkyl halides is 3. The lowest BCUT2D eigenvalue weighted by atomic mass is 9.85. The summed E-state index contributed by atoms with van der Waals surface area (Å²) in [5.74, 6) is 0.0107. The van der Waals surface area contributed by atoms with E-state index in [1.165, 1.54) is 26.1 Å². The predicted octanol–water partition coefficient (Wildman–Crippen LogP) is 2.96. The van der Waals surface area contributed by atoms with E-state index in [2.05, 4.69) is 4.84 Å². The first-order valence-corrected chi connectivity index (χ1v) is 9.49. The van der Waals surface area contributed by atoms with Crippen molar-refractivity contribution in [3.63, 3.8) is 0 Å². The number of aromatic nitrogens is 1. The van der Waals surface area contributed by atoms with Gasteiger partial charge in [-0.3, -0.25) is 4.79 Å². The number of hydrogen-bond acceptors (Lipinski definition) is 8. The number of rotatable bonds is 7. The number of hydrogen-bond donors (Lipinski definition) is 0. The highest BCUT2D eigenvalue weighted by molar-refractivity contribution is 5.44. The molecule has 0 N–H and O–H groups in total. The SMILES string of the molecule is CC1(C)Oc2ccc(C(F)(F)F)cc2C(n2ccc(CCO[N+](=O)[O-])cc2=O)C1O[N+](=O)[O-]. The van der Waals surface area contributed by atoms with E-state index in [0.717, 1.165) is 28.8 Å². The van der Waals surface area contributed by atoms with Crippen LogP contribution in [0.5, 0.6) is 5.75 Å². The lowest BCUT2D eigenvalue weighted by Gasteiger charge is -2.43. The fourth-order valence-corrected chi connectivity index (χ4v) is 3.66. The molecular formula is C19H18F3N3O8. The predicted molar refractivity (Wildman–Crippen MR) is 104 cm³/mol. The van der Waals surface area contributed by atoms with E-state index in [1.54, 1.807) is 0 Å². The Morgan fingerprint density at radius 3 is 2.42 bits per heavy atom. The van der Waals surface area contributed by atoms with Gasteiger partial charge < -0.3 is 19.0 Å². The first-order chi connectivity index (χ1) is 15.3. The van der Waals surface area contributed by atoms with E-state index in [1.807, 2.05) is 0 Å². The molecule has 178 valence electrons. The van der Waals surface area contributed by atoms with E-state index < -0.39 is 45.2 Å². The molecule has 33 heavy (non-hydrogen) atoms. The summed E-state index contributed by atoms with van der Waals surface area (Å²) < 4.78 is 46.7. The van der Waals surface area contributed by atoms with Crippen LogP contribution >= 0.6 is 0 Å². The molecule has 1 aliphatic heterocycles. The molecule has 0 spiro atoms. The zero-order valence-corrected chi connectivity index (χ0v) is 17.3. The Morgan fingerprint density at radius 1 is 1.15 bits per heavy atom. The number of fused-ring (bicyclic) bond motifs is 1. The molecule has 11 nitrogen and oxygen atoms in total. The molecule has 1 aromatic heterocycles. The van der Waals surface area contributed by atoms with Gasteiger partial charge in [0.05, 0.1) is 11.6 Å². The van der Waals surface area contributed by atoms with Gasteiger partial charge in [-0.25, -0.2) is 0 Å². The monoisotopic (exact) mass is 473 g/mol. The van der Waals surface area contributed by atoms with Crippen molar-refractivity contribution in [2.24, 2.45) is 0 Å². The third kappa shape index (κ3) is 5.15. The Bertz CT molecular complexity index is 1130. The van der Waals surface area contributed by atoms with Crippen molar-refractivity contribution in [1.82, 2.24) is 4.57 Å². The van der Waals surface area contributed by atoms with Crippen LogP contribution in [-0.2, 0) is 22.3 Å². The Labute approximate surface area is 183 Å². The van der Waals surface area contributed by atoms with Crippen LogP contribution in [0.3, 0.4) is 0 Å². The Kier molecular flexibility index (Phi) is 6.20. The highest BCUT2D eigenvalue weighted by Gasteiger charge is 2.48. The summed E-state index contributed by atoms with van der Waals surface area (Å²) in [7, 11) is 0. The molecule has 2 unspecified atom stereocenters. The number of benzene rings is 1. The number of halogens is 3. The lowest BCUT2D eigenvalue weighted by molar-refractivity contribution is -0.773. The summed E-state index contributed by atoms with van der Waals surface area (Å²) in [6.07, 6.45) is -4.95. The fraction of sp³-hybridized carbons (Fsp3) is 0.421. The van der Waals surface area contributed by atoms with Gasteiger partial charge in [0, 0.05) is 17.8 Å². The normalized spacial score (nSPS) is 19.2. The van der Waals surface area contributed by atoms with Crippen molar-refractivity contribution in [3.8, 4) is 5.75 Å². The van der Waals surface area contributed by atoms with Crippen molar-refractivity contribution in [2.45, 2.75) is 44.2 Å². The van der Waals surface area contributed by atoms with E-state index >= 15 is 0 Å². The van der Waals surface area contributed by atoms with Crippen LogP contribution in [0.15, 0.2) is 41.3 Å². The number of nitrogens with zero attached hydrogens (tertiary/aromatic N) is 3. The molecule has 14 heteroatoms. The van der Waals surface area contributed by atoms with Gasteiger partial charge in [-0.2, -0.15) is 13.2 Å². The third-order valence-corrected chi connectivity index (χ3v) is 5.10. The first kappa shape index (κ1) is 23.8. The summed E-state index contributed by atoms with van der Waals surface area (Å²) in [6, 6.07) is 3.84. The molecule has 0 aliphatic carbocycles. The van der Waals surface area contributed by atoms with Gasteiger partial charge in [-0.1, -0.05) is 0 Å². The maximum absolute atomic E-state index is 13.3. The van der Waals surface area contributed by atoms with E-state index in [-0.39, 0.29) is 24.3 Å². The number of pyridine rings is 1. The minimum atomic E-state index is -4.71. The highest BCUT2D eigenvalue weighted by atomic mass is 19.4. The van der Waals surface area contributed by atoms with Crippen LogP contribution in [0.2, 0.25) is 0 Å². The van der Waals surface area contributed by atoms with Gasteiger partial charge in [0.15, 0.2) is 6.10 Å². The topological polar surface area (TPSA) is 136 Å². The van der Waals surface area contributed by atoms with Crippen molar-refractivity contribution in [3.05, 3.63) is 83.8 Å². The number of ether oxygens (including phenoxy) is 1. The minimum Gasteiger partial charge on any atom is -0.485 e. The van der Waals surface area contributed by atoms with Crippen LogP contribution in [-0.4, -0.2) is 33.1 Å². The molecule has 0 amide bonds. The molecule has 0 fully saturated rings. The second kappa shape index (κ2) is 8.60.